The highest BCUT2D eigenvalue weighted by Crippen LogP contribution is 2.40. The minimum Gasteiger partial charge on any atom is -0.459 e. The van der Waals surface area contributed by atoms with Crippen molar-refractivity contribution in [2.45, 2.75) is 25.4 Å². The number of benzene rings is 2. The van der Waals surface area contributed by atoms with Crippen molar-refractivity contribution in [3.63, 3.8) is 0 Å². The van der Waals surface area contributed by atoms with E-state index in [1.165, 1.54) is 12.1 Å². The van der Waals surface area contributed by atoms with Gasteiger partial charge in [0.2, 0.25) is 5.91 Å². The Hall–Kier alpha value is -4.04. The van der Waals surface area contributed by atoms with Crippen LogP contribution in [0.5, 0.6) is 0 Å². The summed E-state index contributed by atoms with van der Waals surface area (Å²) in [6, 6.07) is 22.8. The van der Waals surface area contributed by atoms with Crippen molar-refractivity contribution in [3.05, 3.63) is 108 Å². The number of nitrogens with zero attached hydrogens (tertiary/aromatic N) is 2. The summed E-state index contributed by atoms with van der Waals surface area (Å²) in [6.45, 7) is 2.37. The molecule has 1 aliphatic rings. The number of nitrogens with one attached hydrogen (secondary N) is 2. The standard InChI is InChI=1S/C28H25FN4O2S/c1-18-5-4-6-21(17-18)31-25(34)14-16-33-27(26(32-28(33)36)22-7-2-3-15-30-22)24-13-12-23(35-24)19-8-10-20(29)11-9-19/h2-13,15,17,26-27H,14,16H2,1H3,(H,31,34)(H,32,36)/t26-,27+/m1/s1. The summed E-state index contributed by atoms with van der Waals surface area (Å²) in [6.07, 6.45) is 1.98. The molecule has 0 saturated carbocycles. The average molecular weight is 501 g/mol. The SMILES string of the molecule is Cc1cccc(NC(=O)CCN2C(=S)N[C@H](c3ccccn3)[C@@H]2c2ccc(-c3ccc(F)cc3)o2)c1. The highest BCUT2D eigenvalue weighted by molar-refractivity contribution is 7.80. The average Bonchev–Trinajstić information content (AvgIpc) is 3.48. The molecule has 0 unspecified atom stereocenters. The van der Waals surface area contributed by atoms with E-state index >= 15 is 0 Å². The Bertz CT molecular complexity index is 1370. The Morgan fingerprint density at radius 1 is 1.11 bits per heavy atom. The molecule has 2 aromatic carbocycles. The summed E-state index contributed by atoms with van der Waals surface area (Å²) in [4.78, 5) is 19.2. The molecular formula is C28H25FN4O2S. The molecule has 0 spiro atoms. The molecule has 0 radical (unpaired) electrons. The number of halogens is 1. The van der Waals surface area contributed by atoms with Crippen molar-refractivity contribution < 1.29 is 13.6 Å². The lowest BCUT2D eigenvalue weighted by molar-refractivity contribution is -0.116. The molecular weight excluding hydrogens is 475 g/mol. The molecule has 1 aliphatic heterocycles. The number of aryl methyl sites for hydroxylation is 1. The molecule has 2 aromatic heterocycles. The van der Waals surface area contributed by atoms with Gasteiger partial charge in [-0.15, -0.1) is 0 Å². The van der Waals surface area contributed by atoms with Crippen molar-refractivity contribution >= 4 is 28.9 Å². The Balaban J connectivity index is 1.39. The topological polar surface area (TPSA) is 70.4 Å². The number of carbonyl (C=O) groups is 1. The second kappa shape index (κ2) is 10.3. The van der Waals surface area contributed by atoms with Gasteiger partial charge in [-0.1, -0.05) is 18.2 Å². The number of pyridine rings is 1. The van der Waals surface area contributed by atoms with Crippen molar-refractivity contribution in [2.75, 3.05) is 11.9 Å². The van der Waals surface area contributed by atoms with Crippen LogP contribution in [-0.4, -0.2) is 27.4 Å². The zero-order chi connectivity index (χ0) is 25.1. The number of hydrogen-bond donors (Lipinski definition) is 2. The van der Waals surface area contributed by atoms with Crippen LogP contribution in [0.2, 0.25) is 0 Å². The van der Waals surface area contributed by atoms with Gasteiger partial charge in [0.05, 0.1) is 11.7 Å². The fraction of sp³-hybridized carbons (Fsp3) is 0.179. The van der Waals surface area contributed by atoms with Gasteiger partial charge in [-0.3, -0.25) is 9.78 Å². The van der Waals surface area contributed by atoms with Crippen LogP contribution in [0.3, 0.4) is 0 Å². The van der Waals surface area contributed by atoms with Crippen LogP contribution in [0.4, 0.5) is 10.1 Å². The van der Waals surface area contributed by atoms with Crippen LogP contribution in [0, 0.1) is 12.7 Å². The highest BCUT2D eigenvalue weighted by atomic mass is 32.1. The lowest BCUT2D eigenvalue weighted by atomic mass is 10.0. The van der Waals surface area contributed by atoms with Gasteiger partial charge in [-0.2, -0.15) is 0 Å². The Kier molecular flexibility index (Phi) is 6.77. The third-order valence-electron chi connectivity index (χ3n) is 6.13. The molecule has 2 atom stereocenters. The maximum Gasteiger partial charge on any atom is 0.226 e. The largest absolute Gasteiger partial charge is 0.459 e. The molecule has 2 N–H and O–H groups in total. The first kappa shape index (κ1) is 23.7. The summed E-state index contributed by atoms with van der Waals surface area (Å²) in [5, 5.41) is 6.84. The summed E-state index contributed by atoms with van der Waals surface area (Å²) in [5.41, 5.74) is 3.43. The number of aromatic nitrogens is 1. The summed E-state index contributed by atoms with van der Waals surface area (Å²) in [5.74, 6) is 0.896. The summed E-state index contributed by atoms with van der Waals surface area (Å²) < 4.78 is 19.6. The summed E-state index contributed by atoms with van der Waals surface area (Å²) in [7, 11) is 0. The molecule has 0 aliphatic carbocycles. The Morgan fingerprint density at radius 3 is 2.69 bits per heavy atom. The quantitative estimate of drug-likeness (QED) is 0.313. The number of thiocarbonyl (C=S) groups is 1. The molecule has 182 valence electrons. The van der Waals surface area contributed by atoms with E-state index in [0.717, 1.165) is 22.5 Å². The second-order valence-corrected chi connectivity index (χ2v) is 9.08. The van der Waals surface area contributed by atoms with Crippen molar-refractivity contribution in [1.29, 1.82) is 0 Å². The first-order chi connectivity index (χ1) is 17.5. The molecule has 1 amide bonds. The zero-order valence-electron chi connectivity index (χ0n) is 19.6. The van der Waals surface area contributed by atoms with Gasteiger partial charge in [-0.05, 0) is 85.4 Å². The minimum absolute atomic E-state index is 0.102. The predicted octanol–water partition coefficient (Wildman–Crippen LogP) is 5.79. The molecule has 1 fully saturated rings. The first-order valence-electron chi connectivity index (χ1n) is 11.7. The third-order valence-corrected chi connectivity index (χ3v) is 6.48. The van der Waals surface area contributed by atoms with Crippen LogP contribution in [0.15, 0.2) is 89.5 Å². The molecule has 0 bridgehead atoms. The molecule has 8 heteroatoms. The number of amides is 1. The number of anilines is 1. The van der Waals surface area contributed by atoms with Crippen molar-refractivity contribution in [3.8, 4) is 11.3 Å². The van der Waals surface area contributed by atoms with Crippen LogP contribution >= 0.6 is 12.2 Å². The molecule has 36 heavy (non-hydrogen) atoms. The van der Waals surface area contributed by atoms with Gasteiger partial charge in [0.15, 0.2) is 5.11 Å². The van der Waals surface area contributed by atoms with Gasteiger partial charge in [0.25, 0.3) is 0 Å². The van der Waals surface area contributed by atoms with Gasteiger partial charge < -0.3 is 20.0 Å². The van der Waals surface area contributed by atoms with Crippen LogP contribution in [0.25, 0.3) is 11.3 Å². The van der Waals surface area contributed by atoms with E-state index in [9.17, 15) is 9.18 Å². The lowest BCUT2D eigenvalue weighted by Gasteiger charge is -2.25. The predicted molar refractivity (Wildman–Crippen MR) is 141 cm³/mol. The van der Waals surface area contributed by atoms with Gasteiger partial charge in [0, 0.05) is 30.4 Å². The number of furan rings is 1. The van der Waals surface area contributed by atoms with Crippen LogP contribution < -0.4 is 10.6 Å². The Labute approximate surface area is 214 Å². The number of hydrogen-bond acceptors (Lipinski definition) is 4. The first-order valence-corrected chi connectivity index (χ1v) is 12.1. The fourth-order valence-corrected chi connectivity index (χ4v) is 4.74. The van der Waals surface area contributed by atoms with Gasteiger partial charge in [-0.25, -0.2) is 4.39 Å². The van der Waals surface area contributed by atoms with E-state index in [4.69, 9.17) is 16.6 Å². The van der Waals surface area contributed by atoms with Crippen LogP contribution in [-0.2, 0) is 4.79 Å². The van der Waals surface area contributed by atoms with E-state index in [1.54, 1.807) is 18.3 Å². The van der Waals surface area contributed by atoms with Crippen LogP contribution in [0.1, 0.15) is 35.5 Å². The van der Waals surface area contributed by atoms with Gasteiger partial charge in [0.1, 0.15) is 23.4 Å². The summed E-state index contributed by atoms with van der Waals surface area (Å²) >= 11 is 5.68. The normalized spacial score (nSPS) is 17.2. The monoisotopic (exact) mass is 500 g/mol. The maximum absolute atomic E-state index is 13.4. The number of carbonyl (C=O) groups excluding carboxylic acids is 1. The third kappa shape index (κ3) is 5.13. The molecule has 4 aromatic rings. The molecule has 5 rings (SSSR count). The molecule has 3 heterocycles. The van der Waals surface area contributed by atoms with E-state index in [2.05, 4.69) is 15.6 Å². The van der Waals surface area contributed by atoms with E-state index in [1.807, 2.05) is 66.4 Å². The molecule has 6 nitrogen and oxygen atoms in total. The smallest absolute Gasteiger partial charge is 0.226 e. The molecule has 1 saturated heterocycles. The minimum atomic E-state index is -0.312. The highest BCUT2D eigenvalue weighted by Gasteiger charge is 2.41. The fourth-order valence-electron chi connectivity index (χ4n) is 4.40. The van der Waals surface area contributed by atoms with E-state index < -0.39 is 0 Å². The zero-order valence-corrected chi connectivity index (χ0v) is 20.5. The van der Waals surface area contributed by atoms with Crippen molar-refractivity contribution in [2.24, 2.45) is 0 Å². The van der Waals surface area contributed by atoms with E-state index in [0.29, 0.717) is 23.2 Å². The lowest BCUT2D eigenvalue weighted by Crippen LogP contribution is -2.32. The van der Waals surface area contributed by atoms with E-state index in [-0.39, 0.29) is 30.2 Å². The van der Waals surface area contributed by atoms with Crippen molar-refractivity contribution in [1.82, 2.24) is 15.2 Å². The second-order valence-electron chi connectivity index (χ2n) is 8.70. The number of rotatable bonds is 7. The Morgan fingerprint density at radius 2 is 1.94 bits per heavy atom. The maximum atomic E-state index is 13.4. The van der Waals surface area contributed by atoms with Gasteiger partial charge >= 0.3 is 0 Å².